The summed E-state index contributed by atoms with van der Waals surface area (Å²) in [4.78, 5) is 8.94. The molecule has 2 aliphatic heterocycles. The number of sulfonamides is 1. The van der Waals surface area contributed by atoms with Crippen LogP contribution in [0.4, 0.5) is 14.5 Å². The highest BCUT2D eigenvalue weighted by molar-refractivity contribution is 8.26. The first-order valence-corrected chi connectivity index (χ1v) is 14.0. The number of aromatic nitrogens is 2. The van der Waals surface area contributed by atoms with E-state index in [1.165, 1.54) is 16.8 Å². The van der Waals surface area contributed by atoms with E-state index < -0.39 is 27.0 Å². The van der Waals surface area contributed by atoms with Crippen molar-refractivity contribution in [2.24, 2.45) is 0 Å². The van der Waals surface area contributed by atoms with Crippen LogP contribution >= 0.6 is 11.8 Å². The number of fused-ring (bicyclic) bond motifs is 2. The van der Waals surface area contributed by atoms with Crippen LogP contribution in [0.5, 0.6) is 0 Å². The molecule has 36 heavy (non-hydrogen) atoms. The Bertz CT molecular complexity index is 1320. The van der Waals surface area contributed by atoms with Crippen molar-refractivity contribution < 1.29 is 23.4 Å². The van der Waals surface area contributed by atoms with Crippen molar-refractivity contribution in [3.63, 3.8) is 0 Å². The van der Waals surface area contributed by atoms with Crippen molar-refractivity contribution >= 4 is 43.2 Å². The van der Waals surface area contributed by atoms with E-state index in [1.54, 1.807) is 6.07 Å². The van der Waals surface area contributed by atoms with Gasteiger partial charge in [0, 0.05) is 38.8 Å². The molecule has 1 aliphatic carbocycles. The number of alkyl halides is 2. The maximum atomic E-state index is 13.3. The predicted octanol–water partition coefficient (Wildman–Crippen LogP) is 2.62. The molecule has 3 N–H and O–H groups in total. The van der Waals surface area contributed by atoms with Crippen LogP contribution in [0.25, 0.3) is 5.65 Å². The first-order valence-electron chi connectivity index (χ1n) is 11.7. The van der Waals surface area contributed by atoms with Gasteiger partial charge in [-0.1, -0.05) is 0 Å². The molecule has 0 aromatic carbocycles. The van der Waals surface area contributed by atoms with Crippen molar-refractivity contribution in [3.8, 4) is 0 Å². The molecule has 198 valence electrons. The molecule has 0 unspecified atom stereocenters. The maximum absolute atomic E-state index is 13.3. The molecule has 14 heteroatoms. The van der Waals surface area contributed by atoms with Crippen LogP contribution in [-0.4, -0.2) is 89.7 Å². The molecule has 5 rings (SSSR count). The first-order chi connectivity index (χ1) is 17.0. The second-order valence-corrected chi connectivity index (χ2v) is 12.6. The Morgan fingerprint density at radius 1 is 1.36 bits per heavy atom. The lowest BCUT2D eigenvalue weighted by molar-refractivity contribution is -0.0317. The van der Waals surface area contributed by atoms with E-state index in [0.717, 1.165) is 19.4 Å². The van der Waals surface area contributed by atoms with E-state index in [-0.39, 0.29) is 29.1 Å². The standard InChI is InChI=1S/C22H29F2N7O3S2.H2/c1-13-9-29(10-14-12-34-6-5-30(13)14)16-7-15(36(32,33)28-22(2)3-4-22)11-31-17(8-27-21(16)31)19(25)35-20(26)18(23)24;/h7-8,11,13-14,18,25-26,28H,3-6,9-10,12H2,1-2H3;1H/t13-,14+;/m0./s1. The Labute approximate surface area is 213 Å². The molecule has 0 spiro atoms. The Balaban J connectivity index is 0.00000320. The van der Waals surface area contributed by atoms with Gasteiger partial charge < -0.3 is 9.64 Å². The zero-order valence-corrected chi connectivity index (χ0v) is 21.6. The van der Waals surface area contributed by atoms with Crippen molar-refractivity contribution in [3.05, 3.63) is 24.2 Å². The number of anilines is 1. The Morgan fingerprint density at radius 2 is 2.11 bits per heavy atom. The second-order valence-electron chi connectivity index (χ2n) is 9.88. The Morgan fingerprint density at radius 3 is 2.81 bits per heavy atom. The van der Waals surface area contributed by atoms with Gasteiger partial charge in [-0.15, -0.1) is 0 Å². The quantitative estimate of drug-likeness (QED) is 0.378. The number of rotatable bonds is 6. The van der Waals surface area contributed by atoms with E-state index in [9.17, 15) is 17.2 Å². The third kappa shape index (κ3) is 4.88. The van der Waals surface area contributed by atoms with Gasteiger partial charge in [0.05, 0.1) is 36.8 Å². The lowest BCUT2D eigenvalue weighted by atomic mass is 10.1. The van der Waals surface area contributed by atoms with Gasteiger partial charge in [0.15, 0.2) is 5.65 Å². The first kappa shape index (κ1) is 25.5. The zero-order chi connectivity index (χ0) is 25.8. The number of hydrogen-bond acceptors (Lipinski definition) is 9. The number of morpholine rings is 1. The second kappa shape index (κ2) is 9.31. The minimum atomic E-state index is -3.90. The normalized spacial score (nSPS) is 24.2. The van der Waals surface area contributed by atoms with Gasteiger partial charge in [-0.3, -0.25) is 20.1 Å². The summed E-state index contributed by atoms with van der Waals surface area (Å²) >= 11 is 0.324. The van der Waals surface area contributed by atoms with Crippen LogP contribution < -0.4 is 9.62 Å². The molecular formula is C22H31F2N7O3S2. The molecule has 2 aromatic heterocycles. The number of halogens is 2. The largest absolute Gasteiger partial charge is 0.378 e. The number of hydrogen-bond donors (Lipinski definition) is 3. The maximum Gasteiger partial charge on any atom is 0.285 e. The van der Waals surface area contributed by atoms with Gasteiger partial charge >= 0.3 is 0 Å². The van der Waals surface area contributed by atoms with E-state index >= 15 is 0 Å². The summed E-state index contributed by atoms with van der Waals surface area (Å²) in [6.07, 6.45) is 1.23. The lowest BCUT2D eigenvalue weighted by Crippen LogP contribution is -2.62. The minimum Gasteiger partial charge on any atom is -0.378 e. The van der Waals surface area contributed by atoms with Crippen LogP contribution in [-0.2, 0) is 14.8 Å². The van der Waals surface area contributed by atoms with Crippen LogP contribution in [0, 0.1) is 10.8 Å². The van der Waals surface area contributed by atoms with Crippen LogP contribution in [0.15, 0.2) is 23.4 Å². The number of nitrogens with one attached hydrogen (secondary N) is 3. The third-order valence-electron chi connectivity index (χ3n) is 6.99. The number of ether oxygens (including phenoxy) is 1. The molecule has 3 fully saturated rings. The van der Waals surface area contributed by atoms with E-state index in [1.807, 2.05) is 6.92 Å². The molecule has 1 saturated carbocycles. The summed E-state index contributed by atoms with van der Waals surface area (Å²) in [5, 5.41) is 14.5. The highest BCUT2D eigenvalue weighted by Crippen LogP contribution is 2.37. The van der Waals surface area contributed by atoms with E-state index in [2.05, 4.69) is 26.4 Å². The third-order valence-corrected chi connectivity index (χ3v) is 9.41. The molecule has 0 bridgehead atoms. The lowest BCUT2D eigenvalue weighted by Gasteiger charge is -2.48. The molecule has 2 atom stereocenters. The molecule has 10 nitrogen and oxygen atoms in total. The average Bonchev–Trinajstić information content (AvgIpc) is 3.37. The van der Waals surface area contributed by atoms with Gasteiger partial charge in [-0.05, 0) is 44.5 Å². The van der Waals surface area contributed by atoms with Crippen molar-refractivity contribution in [2.75, 3.05) is 37.7 Å². The predicted molar refractivity (Wildman–Crippen MR) is 136 cm³/mol. The summed E-state index contributed by atoms with van der Waals surface area (Å²) in [5.41, 5.74) is 0.668. The highest BCUT2D eigenvalue weighted by Gasteiger charge is 2.42. The number of thioether (sulfide) groups is 1. The summed E-state index contributed by atoms with van der Waals surface area (Å²) in [5.74, 6) is 0. The highest BCUT2D eigenvalue weighted by atomic mass is 32.2. The van der Waals surface area contributed by atoms with E-state index in [4.69, 9.17) is 15.6 Å². The van der Waals surface area contributed by atoms with Crippen LogP contribution in [0.1, 0.15) is 33.8 Å². The van der Waals surface area contributed by atoms with Gasteiger partial charge in [-0.2, -0.15) is 0 Å². The molecule has 2 aromatic rings. The van der Waals surface area contributed by atoms with Gasteiger partial charge in [0.2, 0.25) is 10.0 Å². The summed E-state index contributed by atoms with van der Waals surface area (Å²) in [6.45, 7) is 7.32. The molecular weight excluding hydrogens is 512 g/mol. The monoisotopic (exact) mass is 543 g/mol. The number of piperazine rings is 1. The average molecular weight is 544 g/mol. The Kier molecular flexibility index (Phi) is 6.60. The van der Waals surface area contributed by atoms with Crippen molar-refractivity contribution in [1.82, 2.24) is 19.0 Å². The zero-order valence-electron chi connectivity index (χ0n) is 20.0. The smallest absolute Gasteiger partial charge is 0.285 e. The fourth-order valence-electron chi connectivity index (χ4n) is 4.83. The van der Waals surface area contributed by atoms with Crippen molar-refractivity contribution in [1.29, 1.82) is 10.8 Å². The number of pyridine rings is 1. The minimum absolute atomic E-state index is 0. The number of nitrogens with zero attached hydrogens (tertiary/aromatic N) is 4. The topological polar surface area (TPSA) is 127 Å². The number of imidazole rings is 1. The SMILES string of the molecule is C[C@H]1CN(c2cc(S(=O)(=O)NC3(C)CC3)cn3c(C(=N)SC(=N)C(F)F)cnc23)C[C@@H]2COCCN21.[HH]. The summed E-state index contributed by atoms with van der Waals surface area (Å²) < 4.78 is 62.5. The van der Waals surface area contributed by atoms with Gasteiger partial charge in [0.1, 0.15) is 15.0 Å². The fourth-order valence-corrected chi connectivity index (χ4v) is 6.87. The summed E-state index contributed by atoms with van der Waals surface area (Å²) in [7, 11) is -3.90. The molecule has 0 amide bonds. The molecule has 4 heterocycles. The van der Waals surface area contributed by atoms with Gasteiger partial charge in [-0.25, -0.2) is 26.9 Å². The molecule has 0 radical (unpaired) electrons. The van der Waals surface area contributed by atoms with Crippen molar-refractivity contribution in [2.45, 2.75) is 55.6 Å². The summed E-state index contributed by atoms with van der Waals surface area (Å²) in [6, 6.07) is 1.94. The van der Waals surface area contributed by atoms with Crippen LogP contribution in [0.3, 0.4) is 0 Å². The van der Waals surface area contributed by atoms with Gasteiger partial charge in [0.25, 0.3) is 6.43 Å². The fraction of sp³-hybridized carbons (Fsp3) is 0.591. The Hall–Kier alpha value is -2.13. The van der Waals surface area contributed by atoms with E-state index in [0.29, 0.717) is 49.4 Å². The molecule has 3 aliphatic rings. The molecule has 2 saturated heterocycles. The van der Waals surface area contributed by atoms with Crippen LogP contribution in [0.2, 0.25) is 0 Å².